The zero-order valence-corrected chi connectivity index (χ0v) is 16.2. The molecule has 0 aliphatic rings. The summed E-state index contributed by atoms with van der Waals surface area (Å²) >= 11 is 1.08. The molecule has 0 saturated carbocycles. The lowest BCUT2D eigenvalue weighted by atomic mass is 10.1. The Morgan fingerprint density at radius 1 is 1.00 bits per heavy atom. The van der Waals surface area contributed by atoms with Gasteiger partial charge in [-0.2, -0.15) is 0 Å². The first-order valence-electron chi connectivity index (χ1n) is 8.38. The molecule has 0 atom stereocenters. The number of anilines is 1. The summed E-state index contributed by atoms with van der Waals surface area (Å²) in [5.74, 6) is -0.932. The van der Waals surface area contributed by atoms with Crippen molar-refractivity contribution in [2.75, 3.05) is 25.6 Å². The van der Waals surface area contributed by atoms with E-state index in [4.69, 9.17) is 14.2 Å². The van der Waals surface area contributed by atoms with Crippen molar-refractivity contribution in [2.45, 2.75) is 20.3 Å². The van der Waals surface area contributed by atoms with Gasteiger partial charge in [-0.25, -0.2) is 9.59 Å². The van der Waals surface area contributed by atoms with Crippen molar-refractivity contribution in [2.24, 2.45) is 0 Å². The smallest absolute Gasteiger partial charge is 0.342 e. The molecule has 2 aromatic rings. The number of rotatable bonds is 8. The molecule has 0 aliphatic carbocycles. The molecule has 0 saturated heterocycles. The van der Waals surface area contributed by atoms with Gasteiger partial charge in [0.1, 0.15) is 16.3 Å². The molecule has 0 unspecified atom stereocenters. The molecule has 1 heterocycles. The molecule has 1 aromatic carbocycles. The largest absolute Gasteiger partial charge is 0.497 e. The number of esters is 2. The van der Waals surface area contributed by atoms with Gasteiger partial charge in [-0.3, -0.25) is 4.79 Å². The average Bonchev–Trinajstić information content (AvgIpc) is 3.06. The monoisotopic (exact) mass is 391 g/mol. The lowest BCUT2D eigenvalue weighted by Crippen LogP contribution is -2.18. The first kappa shape index (κ1) is 20.4. The van der Waals surface area contributed by atoms with Crippen molar-refractivity contribution in [3.05, 3.63) is 46.3 Å². The lowest BCUT2D eigenvalue weighted by Gasteiger charge is -2.08. The summed E-state index contributed by atoms with van der Waals surface area (Å²) in [4.78, 5) is 36.7. The predicted molar refractivity (Wildman–Crippen MR) is 102 cm³/mol. The van der Waals surface area contributed by atoms with Crippen molar-refractivity contribution in [1.29, 1.82) is 0 Å². The van der Waals surface area contributed by atoms with Crippen LogP contribution in [-0.4, -0.2) is 38.2 Å². The van der Waals surface area contributed by atoms with Crippen LogP contribution in [0, 0.1) is 0 Å². The fraction of sp³-hybridized carbons (Fsp3) is 0.316. The van der Waals surface area contributed by atoms with E-state index in [-0.39, 0.29) is 41.7 Å². The number of hydrogen-bond acceptors (Lipinski definition) is 7. The molecule has 2 rings (SSSR count). The van der Waals surface area contributed by atoms with Crippen molar-refractivity contribution in [3.63, 3.8) is 0 Å². The second-order valence-corrected chi connectivity index (χ2v) is 6.25. The Labute approximate surface area is 161 Å². The maximum Gasteiger partial charge on any atom is 0.342 e. The van der Waals surface area contributed by atoms with Gasteiger partial charge in [-0.1, -0.05) is 12.1 Å². The third kappa shape index (κ3) is 5.30. The summed E-state index contributed by atoms with van der Waals surface area (Å²) in [6.07, 6.45) is 0.110. The second kappa shape index (κ2) is 9.72. The van der Waals surface area contributed by atoms with Gasteiger partial charge in [0, 0.05) is 5.38 Å². The standard InChI is InChI=1S/C19H21NO6S/c1-4-25-18(22)14-11-27-17(16(14)19(23)26-5-2)20-15(21)10-12-6-8-13(24-3)9-7-12/h6-9,11H,4-5,10H2,1-3H3,(H,20,21). The Bertz CT molecular complexity index is 812. The maximum atomic E-state index is 12.4. The van der Waals surface area contributed by atoms with Crippen LogP contribution in [0.1, 0.15) is 40.1 Å². The highest BCUT2D eigenvalue weighted by Crippen LogP contribution is 2.30. The van der Waals surface area contributed by atoms with Crippen LogP contribution in [0.3, 0.4) is 0 Å². The molecule has 7 nitrogen and oxygen atoms in total. The van der Waals surface area contributed by atoms with Gasteiger partial charge >= 0.3 is 11.9 Å². The second-order valence-electron chi connectivity index (χ2n) is 5.37. The van der Waals surface area contributed by atoms with Crippen LogP contribution in [0.4, 0.5) is 5.00 Å². The highest BCUT2D eigenvalue weighted by molar-refractivity contribution is 7.15. The third-order valence-corrected chi connectivity index (χ3v) is 4.44. The zero-order valence-electron chi connectivity index (χ0n) is 15.4. The Kier molecular flexibility index (Phi) is 7.36. The minimum atomic E-state index is -0.679. The van der Waals surface area contributed by atoms with E-state index in [1.165, 1.54) is 5.38 Å². The van der Waals surface area contributed by atoms with E-state index in [9.17, 15) is 14.4 Å². The molecule has 0 aliphatic heterocycles. The summed E-state index contributed by atoms with van der Waals surface area (Å²) < 4.78 is 15.1. The fourth-order valence-corrected chi connectivity index (χ4v) is 3.25. The summed E-state index contributed by atoms with van der Waals surface area (Å²) in [7, 11) is 1.57. The van der Waals surface area contributed by atoms with Gasteiger partial charge in [-0.05, 0) is 31.5 Å². The van der Waals surface area contributed by atoms with Crippen LogP contribution in [0.15, 0.2) is 29.6 Å². The van der Waals surface area contributed by atoms with E-state index in [0.29, 0.717) is 5.75 Å². The average molecular weight is 391 g/mol. The van der Waals surface area contributed by atoms with Crippen molar-refractivity contribution in [1.82, 2.24) is 0 Å². The highest BCUT2D eigenvalue weighted by Gasteiger charge is 2.26. The van der Waals surface area contributed by atoms with E-state index in [2.05, 4.69) is 5.32 Å². The Hall–Kier alpha value is -2.87. The van der Waals surface area contributed by atoms with Crippen LogP contribution >= 0.6 is 11.3 Å². The number of carbonyl (C=O) groups is 3. The quantitative estimate of drug-likeness (QED) is 0.695. The van der Waals surface area contributed by atoms with Gasteiger partial charge in [0.2, 0.25) is 5.91 Å². The van der Waals surface area contributed by atoms with Crippen LogP contribution in [-0.2, 0) is 20.7 Å². The molecule has 1 aromatic heterocycles. The first-order valence-corrected chi connectivity index (χ1v) is 9.26. The number of ether oxygens (including phenoxy) is 3. The number of amides is 1. The van der Waals surface area contributed by atoms with Crippen LogP contribution in [0.5, 0.6) is 5.75 Å². The van der Waals surface area contributed by atoms with Crippen molar-refractivity contribution in [3.8, 4) is 5.75 Å². The molecule has 0 spiro atoms. The number of carbonyl (C=O) groups excluding carboxylic acids is 3. The molecule has 0 bridgehead atoms. The van der Waals surface area contributed by atoms with Crippen LogP contribution in [0.25, 0.3) is 0 Å². The highest BCUT2D eigenvalue weighted by atomic mass is 32.1. The number of nitrogens with one attached hydrogen (secondary N) is 1. The maximum absolute atomic E-state index is 12.4. The lowest BCUT2D eigenvalue weighted by molar-refractivity contribution is -0.115. The van der Waals surface area contributed by atoms with E-state index in [1.807, 2.05) is 0 Å². The molecule has 27 heavy (non-hydrogen) atoms. The van der Waals surface area contributed by atoms with E-state index < -0.39 is 11.9 Å². The van der Waals surface area contributed by atoms with Crippen LogP contribution < -0.4 is 10.1 Å². The van der Waals surface area contributed by atoms with Gasteiger partial charge in [0.05, 0.1) is 32.3 Å². The minimum Gasteiger partial charge on any atom is -0.497 e. The number of thiophene rings is 1. The number of methoxy groups -OCH3 is 1. The normalized spacial score (nSPS) is 10.2. The SMILES string of the molecule is CCOC(=O)c1csc(NC(=O)Cc2ccc(OC)cc2)c1C(=O)OCC. The van der Waals surface area contributed by atoms with Gasteiger partial charge < -0.3 is 19.5 Å². The molecule has 1 N–H and O–H groups in total. The zero-order chi connectivity index (χ0) is 19.8. The molecular weight excluding hydrogens is 370 g/mol. The van der Waals surface area contributed by atoms with Gasteiger partial charge in [0.15, 0.2) is 0 Å². The molecule has 0 radical (unpaired) electrons. The Morgan fingerprint density at radius 3 is 2.22 bits per heavy atom. The molecule has 144 valence electrons. The third-order valence-electron chi connectivity index (χ3n) is 3.54. The van der Waals surface area contributed by atoms with Gasteiger partial charge in [0.25, 0.3) is 0 Å². The summed E-state index contributed by atoms with van der Waals surface area (Å²) in [5.41, 5.74) is 0.886. The van der Waals surface area contributed by atoms with E-state index in [1.54, 1.807) is 45.2 Å². The first-order chi connectivity index (χ1) is 13.0. The predicted octanol–water partition coefficient (Wildman–Crippen LogP) is 3.29. The minimum absolute atomic E-state index is 0.0170. The van der Waals surface area contributed by atoms with E-state index >= 15 is 0 Å². The van der Waals surface area contributed by atoms with Crippen LogP contribution in [0.2, 0.25) is 0 Å². The van der Waals surface area contributed by atoms with Crippen molar-refractivity contribution < 1.29 is 28.6 Å². The summed E-state index contributed by atoms with van der Waals surface area (Å²) in [5, 5.41) is 4.42. The molecular formula is C19H21NO6S. The van der Waals surface area contributed by atoms with Gasteiger partial charge in [-0.15, -0.1) is 11.3 Å². The topological polar surface area (TPSA) is 90.9 Å². The fourth-order valence-electron chi connectivity index (χ4n) is 2.31. The Morgan fingerprint density at radius 2 is 1.63 bits per heavy atom. The van der Waals surface area contributed by atoms with Crippen molar-refractivity contribution >= 4 is 34.2 Å². The molecule has 0 fully saturated rings. The number of hydrogen-bond donors (Lipinski definition) is 1. The van der Waals surface area contributed by atoms with E-state index in [0.717, 1.165) is 16.9 Å². The summed E-state index contributed by atoms with van der Waals surface area (Å²) in [6, 6.07) is 7.08. The molecule has 1 amide bonds. The Balaban J connectivity index is 2.19. The number of benzene rings is 1. The summed E-state index contributed by atoms with van der Waals surface area (Å²) in [6.45, 7) is 3.66. The molecule has 8 heteroatoms.